The molecule has 0 spiro atoms. The van der Waals surface area contributed by atoms with E-state index in [1.807, 2.05) is 0 Å². The van der Waals surface area contributed by atoms with Crippen LogP contribution >= 0.6 is 0 Å². The van der Waals surface area contributed by atoms with Gasteiger partial charge in [-0.3, -0.25) is 0 Å². The molecule has 1 N–H and O–H groups in total. The minimum atomic E-state index is -3.51. The fraction of sp³-hybridized carbons (Fsp3) is 0.125. The molecule has 0 aromatic heterocycles. The van der Waals surface area contributed by atoms with Crippen LogP contribution in [-0.2, 0) is 9.84 Å². The number of aromatic carboxylic acids is 1. The summed E-state index contributed by atoms with van der Waals surface area (Å²) in [5.74, 6) is -2.45. The molecule has 0 atom stereocenters. The largest absolute Gasteiger partial charge is 0.478 e. The molecular formula is C8H7FO4S. The normalized spacial score (nSPS) is 11.3. The fourth-order valence-corrected chi connectivity index (χ4v) is 1.55. The lowest BCUT2D eigenvalue weighted by atomic mass is 10.2. The Morgan fingerprint density at radius 3 is 2.43 bits per heavy atom. The Morgan fingerprint density at radius 1 is 1.43 bits per heavy atom. The van der Waals surface area contributed by atoms with Crippen LogP contribution in [0.25, 0.3) is 0 Å². The highest BCUT2D eigenvalue weighted by atomic mass is 32.2. The van der Waals surface area contributed by atoms with E-state index in [1.54, 1.807) is 0 Å². The van der Waals surface area contributed by atoms with Crippen LogP contribution in [0.4, 0.5) is 4.39 Å². The summed E-state index contributed by atoms with van der Waals surface area (Å²) in [6, 6.07) is 2.64. The summed E-state index contributed by atoms with van der Waals surface area (Å²) >= 11 is 0. The summed E-state index contributed by atoms with van der Waals surface area (Å²) in [6.45, 7) is 0. The molecule has 1 aromatic rings. The summed E-state index contributed by atoms with van der Waals surface area (Å²) in [6.07, 6.45) is 0.922. The second-order valence-corrected chi connectivity index (χ2v) is 4.73. The molecule has 0 unspecified atom stereocenters. The standard InChI is InChI=1S/C8H7FO4S/c1-14(12,13)5-2-3-7(9)6(4-5)8(10)11/h2-4H,1H3,(H,10,11). The van der Waals surface area contributed by atoms with Gasteiger partial charge < -0.3 is 5.11 Å². The van der Waals surface area contributed by atoms with Crippen molar-refractivity contribution in [3.63, 3.8) is 0 Å². The molecule has 0 heterocycles. The van der Waals surface area contributed by atoms with Crippen LogP contribution in [0, 0.1) is 5.82 Å². The first-order valence-corrected chi connectivity index (χ1v) is 5.44. The van der Waals surface area contributed by atoms with Crippen molar-refractivity contribution < 1.29 is 22.7 Å². The van der Waals surface area contributed by atoms with Crippen LogP contribution in [0.3, 0.4) is 0 Å². The van der Waals surface area contributed by atoms with E-state index in [-0.39, 0.29) is 4.90 Å². The SMILES string of the molecule is CS(=O)(=O)c1ccc(F)c(C(=O)O)c1. The van der Waals surface area contributed by atoms with E-state index in [9.17, 15) is 17.6 Å². The van der Waals surface area contributed by atoms with Gasteiger partial charge in [0.05, 0.1) is 10.5 Å². The van der Waals surface area contributed by atoms with Crippen molar-refractivity contribution >= 4 is 15.8 Å². The lowest BCUT2D eigenvalue weighted by Gasteiger charge is -2.00. The van der Waals surface area contributed by atoms with Crippen molar-refractivity contribution in [3.05, 3.63) is 29.6 Å². The zero-order valence-electron chi connectivity index (χ0n) is 7.19. The van der Waals surface area contributed by atoms with E-state index in [4.69, 9.17) is 5.11 Å². The van der Waals surface area contributed by atoms with Gasteiger partial charge in [-0.1, -0.05) is 0 Å². The average Bonchev–Trinajstić information content (AvgIpc) is 2.02. The van der Waals surface area contributed by atoms with Crippen LogP contribution < -0.4 is 0 Å². The maximum atomic E-state index is 12.8. The highest BCUT2D eigenvalue weighted by Gasteiger charge is 2.15. The highest BCUT2D eigenvalue weighted by Crippen LogP contribution is 2.14. The summed E-state index contributed by atoms with van der Waals surface area (Å²) in [5, 5.41) is 8.52. The molecule has 0 amide bonds. The van der Waals surface area contributed by atoms with Gasteiger partial charge in [0.15, 0.2) is 9.84 Å². The van der Waals surface area contributed by atoms with Crippen LogP contribution in [0.2, 0.25) is 0 Å². The molecule has 6 heteroatoms. The third kappa shape index (κ3) is 2.08. The van der Waals surface area contributed by atoms with E-state index in [2.05, 4.69) is 0 Å². The van der Waals surface area contributed by atoms with Gasteiger partial charge in [-0.25, -0.2) is 17.6 Å². The second kappa shape index (κ2) is 3.38. The van der Waals surface area contributed by atoms with Gasteiger partial charge >= 0.3 is 5.97 Å². The van der Waals surface area contributed by atoms with E-state index in [0.29, 0.717) is 0 Å². The molecular weight excluding hydrogens is 211 g/mol. The van der Waals surface area contributed by atoms with E-state index in [0.717, 1.165) is 24.5 Å². The van der Waals surface area contributed by atoms with Gasteiger partial charge in [0.2, 0.25) is 0 Å². The van der Waals surface area contributed by atoms with Crippen molar-refractivity contribution in [3.8, 4) is 0 Å². The Labute approximate surface area is 79.9 Å². The van der Waals surface area contributed by atoms with Crippen LogP contribution in [0.1, 0.15) is 10.4 Å². The van der Waals surface area contributed by atoms with Gasteiger partial charge in [-0.2, -0.15) is 0 Å². The summed E-state index contributed by atoms with van der Waals surface area (Å²) in [4.78, 5) is 10.3. The van der Waals surface area contributed by atoms with Crippen LogP contribution in [0.5, 0.6) is 0 Å². The molecule has 1 rings (SSSR count). The molecule has 1 aromatic carbocycles. The highest BCUT2D eigenvalue weighted by molar-refractivity contribution is 7.90. The third-order valence-corrected chi connectivity index (χ3v) is 2.71. The van der Waals surface area contributed by atoms with Gasteiger partial charge in [-0.05, 0) is 18.2 Å². The summed E-state index contributed by atoms with van der Waals surface area (Å²) in [7, 11) is -3.51. The molecule has 76 valence electrons. The van der Waals surface area contributed by atoms with Crippen molar-refractivity contribution in [1.82, 2.24) is 0 Å². The number of carboxylic acid groups (broad SMARTS) is 1. The number of carbonyl (C=O) groups is 1. The Kier molecular flexibility index (Phi) is 2.57. The number of hydrogen-bond donors (Lipinski definition) is 1. The fourth-order valence-electron chi connectivity index (χ4n) is 0.899. The predicted octanol–water partition coefficient (Wildman–Crippen LogP) is 0.927. The molecule has 0 saturated heterocycles. The quantitative estimate of drug-likeness (QED) is 0.749. The zero-order chi connectivity index (χ0) is 10.9. The van der Waals surface area contributed by atoms with Gasteiger partial charge in [0.1, 0.15) is 5.82 Å². The van der Waals surface area contributed by atoms with E-state index in [1.165, 1.54) is 0 Å². The first-order valence-electron chi connectivity index (χ1n) is 3.55. The Balaban J connectivity index is 3.42. The average molecular weight is 218 g/mol. The predicted molar refractivity (Wildman–Crippen MR) is 46.5 cm³/mol. The monoisotopic (exact) mass is 218 g/mol. The summed E-state index contributed by atoms with van der Waals surface area (Å²) in [5.41, 5.74) is -0.645. The molecule has 0 aliphatic heterocycles. The smallest absolute Gasteiger partial charge is 0.338 e. The molecule has 0 bridgehead atoms. The van der Waals surface area contributed by atoms with Gasteiger partial charge in [0, 0.05) is 6.26 Å². The first kappa shape index (κ1) is 10.6. The maximum absolute atomic E-state index is 12.8. The number of sulfone groups is 1. The van der Waals surface area contributed by atoms with E-state index < -0.39 is 27.2 Å². The molecule has 0 radical (unpaired) electrons. The molecule has 0 fully saturated rings. The minimum Gasteiger partial charge on any atom is -0.478 e. The Hall–Kier alpha value is -1.43. The van der Waals surface area contributed by atoms with Crippen molar-refractivity contribution in [1.29, 1.82) is 0 Å². The molecule has 0 aliphatic carbocycles. The second-order valence-electron chi connectivity index (χ2n) is 2.72. The molecule has 0 aliphatic rings. The van der Waals surface area contributed by atoms with Crippen LogP contribution in [-0.4, -0.2) is 25.7 Å². The van der Waals surface area contributed by atoms with Crippen molar-refractivity contribution in [2.24, 2.45) is 0 Å². The number of rotatable bonds is 2. The van der Waals surface area contributed by atoms with Gasteiger partial charge in [0.25, 0.3) is 0 Å². The topological polar surface area (TPSA) is 71.4 Å². The Bertz CT molecular complexity index is 478. The third-order valence-electron chi connectivity index (χ3n) is 1.60. The minimum absolute atomic E-state index is 0.212. The number of carboxylic acids is 1. The molecule has 14 heavy (non-hydrogen) atoms. The lowest BCUT2D eigenvalue weighted by molar-refractivity contribution is 0.0691. The van der Waals surface area contributed by atoms with Crippen LogP contribution in [0.15, 0.2) is 23.1 Å². The van der Waals surface area contributed by atoms with Crippen molar-refractivity contribution in [2.45, 2.75) is 4.90 Å². The molecule has 0 saturated carbocycles. The summed E-state index contributed by atoms with van der Waals surface area (Å²) < 4.78 is 34.8. The van der Waals surface area contributed by atoms with Crippen molar-refractivity contribution in [2.75, 3.05) is 6.26 Å². The van der Waals surface area contributed by atoms with Gasteiger partial charge in [-0.15, -0.1) is 0 Å². The number of hydrogen-bond acceptors (Lipinski definition) is 3. The zero-order valence-corrected chi connectivity index (χ0v) is 8.01. The maximum Gasteiger partial charge on any atom is 0.338 e. The van der Waals surface area contributed by atoms with E-state index >= 15 is 0 Å². The first-order chi connectivity index (χ1) is 6.32. The lowest BCUT2D eigenvalue weighted by Crippen LogP contribution is -2.04. The molecule has 4 nitrogen and oxygen atoms in total. The number of benzene rings is 1. The Morgan fingerprint density at radius 2 is 2.00 bits per heavy atom. The number of halogens is 1.